The van der Waals surface area contributed by atoms with Crippen molar-refractivity contribution < 1.29 is 13.9 Å². The Morgan fingerprint density at radius 3 is 2.83 bits per heavy atom. The lowest BCUT2D eigenvalue weighted by atomic mass is 10.1. The maximum atomic E-state index is 14.2. The van der Waals surface area contributed by atoms with Gasteiger partial charge in [-0.2, -0.15) is 14.6 Å². The van der Waals surface area contributed by atoms with Crippen molar-refractivity contribution in [3.8, 4) is 11.3 Å². The zero-order valence-corrected chi connectivity index (χ0v) is 17.0. The number of fused-ring (bicyclic) bond motifs is 1. The van der Waals surface area contributed by atoms with Crippen LogP contribution in [0, 0.1) is 0 Å². The summed E-state index contributed by atoms with van der Waals surface area (Å²) in [5.74, 6) is 0.381. The van der Waals surface area contributed by atoms with Gasteiger partial charge in [0.2, 0.25) is 5.95 Å². The van der Waals surface area contributed by atoms with Crippen molar-refractivity contribution in [1.29, 1.82) is 0 Å². The number of aromatic nitrogens is 6. The quantitative estimate of drug-likeness (QED) is 0.662. The number of anilines is 2. The van der Waals surface area contributed by atoms with E-state index in [0.717, 1.165) is 16.9 Å². The molecule has 2 N–H and O–H groups in total. The normalized spacial score (nSPS) is 27.5. The van der Waals surface area contributed by atoms with Gasteiger partial charge in [-0.25, -0.2) is 9.37 Å². The van der Waals surface area contributed by atoms with Crippen molar-refractivity contribution in [2.45, 2.75) is 44.7 Å². The lowest BCUT2D eigenvalue weighted by Crippen LogP contribution is -2.46. The number of nitrogens with zero attached hydrogens (tertiary/aromatic N) is 6. The number of alkyl halides is 1. The molecule has 11 heteroatoms. The molecule has 3 aromatic heterocycles. The highest BCUT2D eigenvalue weighted by atomic mass is 19.1. The Morgan fingerprint density at radius 2 is 2.10 bits per heavy atom. The predicted octanol–water partition coefficient (Wildman–Crippen LogP) is 1.67. The summed E-state index contributed by atoms with van der Waals surface area (Å²) in [7, 11) is 0. The van der Waals surface area contributed by atoms with E-state index < -0.39 is 6.17 Å². The number of H-pyrrole nitrogens is 1. The lowest BCUT2D eigenvalue weighted by Gasteiger charge is -2.37. The van der Waals surface area contributed by atoms with E-state index in [1.807, 2.05) is 0 Å². The van der Waals surface area contributed by atoms with Crippen molar-refractivity contribution in [3.63, 3.8) is 0 Å². The summed E-state index contributed by atoms with van der Waals surface area (Å²) >= 11 is 0. The van der Waals surface area contributed by atoms with Crippen LogP contribution in [0.3, 0.4) is 0 Å². The van der Waals surface area contributed by atoms with Gasteiger partial charge in [0, 0.05) is 31.5 Å². The average Bonchev–Trinajstić information content (AvgIpc) is 3.37. The number of hydrogen-bond acceptors (Lipinski definition) is 8. The minimum Gasteiger partial charge on any atom is -0.378 e. The van der Waals surface area contributed by atoms with Crippen LogP contribution in [0.2, 0.25) is 0 Å². The minimum atomic E-state index is -1.09. The van der Waals surface area contributed by atoms with Gasteiger partial charge in [-0.1, -0.05) is 0 Å². The molecule has 0 unspecified atom stereocenters. The Hall–Kier alpha value is -2.79. The number of ether oxygens (including phenoxy) is 2. The molecule has 0 aromatic carbocycles. The second kappa shape index (κ2) is 7.80. The molecule has 0 aliphatic carbocycles. The number of aromatic amines is 1. The van der Waals surface area contributed by atoms with Gasteiger partial charge in [0.1, 0.15) is 23.9 Å². The number of morpholine rings is 1. The fourth-order valence-electron chi connectivity index (χ4n) is 4.18. The van der Waals surface area contributed by atoms with Gasteiger partial charge in [-0.05, 0) is 20.3 Å². The highest BCUT2D eigenvalue weighted by Crippen LogP contribution is 2.34. The van der Waals surface area contributed by atoms with Crippen LogP contribution >= 0.6 is 0 Å². The summed E-state index contributed by atoms with van der Waals surface area (Å²) in [6.45, 7) is 6.13. The lowest BCUT2D eigenvalue weighted by molar-refractivity contribution is -0.00514. The van der Waals surface area contributed by atoms with Crippen LogP contribution in [0.25, 0.3) is 16.9 Å². The van der Waals surface area contributed by atoms with Crippen LogP contribution in [-0.4, -0.2) is 80.5 Å². The van der Waals surface area contributed by atoms with Crippen LogP contribution in [0.5, 0.6) is 0 Å². The van der Waals surface area contributed by atoms with Crippen LogP contribution in [0.1, 0.15) is 20.3 Å². The monoisotopic (exact) mass is 416 g/mol. The first kappa shape index (κ1) is 19.2. The molecule has 0 spiro atoms. The second-order valence-corrected chi connectivity index (χ2v) is 7.93. The zero-order chi connectivity index (χ0) is 20.7. The molecule has 3 aromatic rings. The fourth-order valence-corrected chi connectivity index (χ4v) is 4.18. The number of halogens is 1. The van der Waals surface area contributed by atoms with Crippen LogP contribution < -0.4 is 10.2 Å². The van der Waals surface area contributed by atoms with E-state index in [9.17, 15) is 4.39 Å². The summed E-state index contributed by atoms with van der Waals surface area (Å²) in [5.41, 5.74) is 3.16. The third kappa shape index (κ3) is 3.58. The number of hydrogen-bond donors (Lipinski definition) is 2. The zero-order valence-electron chi connectivity index (χ0n) is 17.0. The van der Waals surface area contributed by atoms with Gasteiger partial charge < -0.3 is 19.7 Å². The van der Waals surface area contributed by atoms with Crippen molar-refractivity contribution in [3.05, 3.63) is 18.7 Å². The molecule has 0 radical (unpaired) electrons. The van der Waals surface area contributed by atoms with Gasteiger partial charge in [0.25, 0.3) is 0 Å². The number of nitrogens with one attached hydrogen (secondary N) is 2. The van der Waals surface area contributed by atoms with Gasteiger partial charge in [-0.3, -0.25) is 5.10 Å². The Balaban J connectivity index is 1.57. The van der Waals surface area contributed by atoms with E-state index in [4.69, 9.17) is 14.5 Å². The summed E-state index contributed by atoms with van der Waals surface area (Å²) < 4.78 is 26.9. The first-order valence-electron chi connectivity index (χ1n) is 10.2. The van der Waals surface area contributed by atoms with E-state index >= 15 is 0 Å². The third-order valence-electron chi connectivity index (χ3n) is 5.47. The van der Waals surface area contributed by atoms with Crippen molar-refractivity contribution in [1.82, 2.24) is 29.8 Å². The molecule has 0 bridgehead atoms. The van der Waals surface area contributed by atoms with Crippen molar-refractivity contribution in [2.24, 2.45) is 0 Å². The highest BCUT2D eigenvalue weighted by molar-refractivity contribution is 5.85. The minimum absolute atomic E-state index is 0.0706. The Kier molecular flexibility index (Phi) is 4.99. The molecular formula is C19H25FN8O2. The molecule has 5 rings (SSSR count). The van der Waals surface area contributed by atoms with Crippen molar-refractivity contribution in [2.75, 3.05) is 36.5 Å². The highest BCUT2D eigenvalue weighted by Gasteiger charge is 2.30. The maximum Gasteiger partial charge on any atom is 0.243 e. The van der Waals surface area contributed by atoms with Crippen LogP contribution in [0.4, 0.5) is 16.0 Å². The molecule has 30 heavy (non-hydrogen) atoms. The first-order chi connectivity index (χ1) is 14.6. The molecule has 2 aliphatic heterocycles. The van der Waals surface area contributed by atoms with Crippen LogP contribution in [0.15, 0.2) is 18.7 Å². The van der Waals surface area contributed by atoms with E-state index in [-0.39, 0.29) is 24.9 Å². The predicted molar refractivity (Wildman–Crippen MR) is 108 cm³/mol. The molecular weight excluding hydrogens is 391 g/mol. The SMILES string of the molecule is C[C@H]1CN(c2c(-c3cn[nH]c3)ncn3nc(N[C@H]4CCOC[C@H]4F)nc23)C[C@H](C)O1. The molecule has 5 heterocycles. The van der Waals surface area contributed by atoms with E-state index in [1.54, 1.807) is 23.2 Å². The van der Waals surface area contributed by atoms with Gasteiger partial charge in [0.05, 0.1) is 31.1 Å². The summed E-state index contributed by atoms with van der Waals surface area (Å²) in [6.07, 6.45) is 4.79. The average molecular weight is 416 g/mol. The van der Waals surface area contributed by atoms with Gasteiger partial charge in [-0.15, -0.1) is 5.10 Å². The Bertz CT molecular complexity index is 1000. The molecule has 0 amide bonds. The Morgan fingerprint density at radius 1 is 1.27 bits per heavy atom. The smallest absolute Gasteiger partial charge is 0.243 e. The van der Waals surface area contributed by atoms with Crippen LogP contribution in [-0.2, 0) is 9.47 Å². The topological polar surface area (TPSA) is 105 Å². The molecule has 0 saturated carbocycles. The summed E-state index contributed by atoms with van der Waals surface area (Å²) in [4.78, 5) is 11.6. The molecule has 2 saturated heterocycles. The third-order valence-corrected chi connectivity index (χ3v) is 5.47. The van der Waals surface area contributed by atoms with Crippen molar-refractivity contribution >= 4 is 17.3 Å². The molecule has 2 aliphatic rings. The molecule has 2 fully saturated rings. The molecule has 160 valence electrons. The summed E-state index contributed by atoms with van der Waals surface area (Å²) in [6, 6.07) is -0.371. The Labute approximate surface area is 172 Å². The molecule has 4 atom stereocenters. The van der Waals surface area contributed by atoms with E-state index in [1.165, 1.54) is 0 Å². The largest absolute Gasteiger partial charge is 0.378 e. The maximum absolute atomic E-state index is 14.2. The van der Waals surface area contributed by atoms with Gasteiger partial charge in [0.15, 0.2) is 5.65 Å². The second-order valence-electron chi connectivity index (χ2n) is 7.93. The number of rotatable bonds is 4. The molecule has 10 nitrogen and oxygen atoms in total. The van der Waals surface area contributed by atoms with E-state index in [0.29, 0.717) is 37.7 Å². The van der Waals surface area contributed by atoms with E-state index in [2.05, 4.69) is 44.3 Å². The standard InChI is InChI=1S/C19H25FN8O2/c1-11-7-27(8-12(2)30-11)17-16(13-5-22-23-6-13)21-10-28-18(17)25-19(26-28)24-15-3-4-29-9-14(15)20/h5-6,10-12,14-15H,3-4,7-9H2,1-2H3,(H,22,23)(H,24,26)/t11-,12-,14+,15-/m0/s1. The van der Waals surface area contributed by atoms with Gasteiger partial charge >= 0.3 is 0 Å². The first-order valence-corrected chi connectivity index (χ1v) is 10.2. The summed E-state index contributed by atoms with van der Waals surface area (Å²) in [5, 5.41) is 14.5. The fraction of sp³-hybridized carbons (Fsp3) is 0.579.